The zero-order valence-electron chi connectivity index (χ0n) is 8.54. The Balaban J connectivity index is 1.99. The van der Waals surface area contributed by atoms with Crippen molar-refractivity contribution >= 4 is 6.29 Å². The van der Waals surface area contributed by atoms with Crippen molar-refractivity contribution in [2.75, 3.05) is 0 Å². The van der Waals surface area contributed by atoms with Gasteiger partial charge in [0.25, 0.3) is 0 Å². The maximum atomic E-state index is 11.1. The van der Waals surface area contributed by atoms with Crippen molar-refractivity contribution in [3.05, 3.63) is 48.0 Å². The molecular weight excluding hydrogens is 184 g/mol. The summed E-state index contributed by atoms with van der Waals surface area (Å²) in [6, 6.07) is 10.5. The minimum Gasteiger partial charge on any atom is -0.303 e. The summed E-state index contributed by atoms with van der Waals surface area (Å²) in [7, 11) is 0. The molecule has 0 saturated heterocycles. The van der Waals surface area contributed by atoms with Gasteiger partial charge < -0.3 is 4.79 Å². The highest BCUT2D eigenvalue weighted by molar-refractivity contribution is 5.59. The average molecular weight is 198 g/mol. The number of aldehydes is 1. The first kappa shape index (κ1) is 8.90. The topological polar surface area (TPSA) is 17.1 Å². The summed E-state index contributed by atoms with van der Waals surface area (Å²) >= 11 is 0. The molecule has 0 N–H and O–H groups in total. The Morgan fingerprint density at radius 2 is 1.80 bits per heavy atom. The molecule has 1 heteroatoms. The number of rotatable bonds is 2. The average Bonchev–Trinajstić information content (AvgIpc) is 2.89. The second-order valence-electron chi connectivity index (χ2n) is 4.60. The lowest BCUT2D eigenvalue weighted by atomic mass is 9.79. The highest BCUT2D eigenvalue weighted by Crippen LogP contribution is 2.51. The van der Waals surface area contributed by atoms with Gasteiger partial charge in [-0.25, -0.2) is 0 Å². The monoisotopic (exact) mass is 198 g/mol. The van der Waals surface area contributed by atoms with Gasteiger partial charge in [-0.3, -0.25) is 0 Å². The van der Waals surface area contributed by atoms with Crippen molar-refractivity contribution in [3.63, 3.8) is 0 Å². The summed E-state index contributed by atoms with van der Waals surface area (Å²) in [5.41, 5.74) is 1.33. The Morgan fingerprint density at radius 3 is 2.53 bits per heavy atom. The van der Waals surface area contributed by atoms with Crippen molar-refractivity contribution in [2.45, 2.75) is 12.3 Å². The number of carbonyl (C=O) groups excluding carboxylic acids is 1. The molecule has 0 spiro atoms. The molecule has 2 aliphatic rings. The summed E-state index contributed by atoms with van der Waals surface area (Å²) in [6.45, 7) is 0. The highest BCUT2D eigenvalue weighted by atomic mass is 16.1. The Labute approximate surface area is 89.8 Å². The van der Waals surface area contributed by atoms with Crippen LogP contribution in [-0.4, -0.2) is 6.29 Å². The molecule has 0 aromatic heterocycles. The Morgan fingerprint density at radius 1 is 1.07 bits per heavy atom. The van der Waals surface area contributed by atoms with E-state index in [0.717, 1.165) is 6.29 Å². The van der Waals surface area contributed by atoms with Gasteiger partial charge in [-0.05, 0) is 23.8 Å². The van der Waals surface area contributed by atoms with E-state index >= 15 is 0 Å². The Kier molecular flexibility index (Phi) is 1.98. The zero-order valence-corrected chi connectivity index (χ0v) is 8.54. The van der Waals surface area contributed by atoms with Crippen LogP contribution in [-0.2, 0) is 4.79 Å². The van der Waals surface area contributed by atoms with Crippen molar-refractivity contribution in [3.8, 4) is 0 Å². The van der Waals surface area contributed by atoms with Crippen LogP contribution in [0.3, 0.4) is 0 Å². The molecule has 0 radical (unpaired) electrons. The lowest BCUT2D eigenvalue weighted by Crippen LogP contribution is -2.18. The largest absolute Gasteiger partial charge is 0.303 e. The lowest BCUT2D eigenvalue weighted by Gasteiger charge is -2.24. The van der Waals surface area contributed by atoms with Gasteiger partial charge in [0.05, 0.1) is 0 Å². The van der Waals surface area contributed by atoms with E-state index in [9.17, 15) is 4.79 Å². The molecular formula is C14H14O. The molecule has 1 nitrogen and oxygen atoms in total. The fraction of sp³-hybridized carbons (Fsp3) is 0.357. The lowest BCUT2D eigenvalue weighted by molar-refractivity contribution is -0.112. The number of fused-ring (bicyclic) bond motifs is 2. The number of benzene rings is 1. The maximum absolute atomic E-state index is 11.1. The Bertz CT molecular complexity index is 393. The van der Waals surface area contributed by atoms with E-state index < -0.39 is 0 Å². The van der Waals surface area contributed by atoms with Crippen molar-refractivity contribution in [1.82, 2.24) is 0 Å². The van der Waals surface area contributed by atoms with Crippen LogP contribution in [0.4, 0.5) is 0 Å². The van der Waals surface area contributed by atoms with E-state index in [1.807, 2.05) is 6.07 Å². The molecule has 4 atom stereocenters. The van der Waals surface area contributed by atoms with Gasteiger partial charge in [0.15, 0.2) is 0 Å². The molecule has 2 aliphatic carbocycles. The minimum absolute atomic E-state index is 0.211. The molecule has 15 heavy (non-hydrogen) atoms. The van der Waals surface area contributed by atoms with Crippen LogP contribution in [0.15, 0.2) is 42.5 Å². The van der Waals surface area contributed by atoms with Crippen LogP contribution in [0.25, 0.3) is 0 Å². The first-order valence-corrected chi connectivity index (χ1v) is 5.58. The van der Waals surface area contributed by atoms with Gasteiger partial charge in [-0.2, -0.15) is 0 Å². The zero-order chi connectivity index (χ0) is 10.3. The second kappa shape index (κ2) is 3.34. The number of hydrogen-bond acceptors (Lipinski definition) is 1. The van der Waals surface area contributed by atoms with Crippen LogP contribution in [0.5, 0.6) is 0 Å². The third-order valence-corrected chi connectivity index (χ3v) is 3.86. The third-order valence-electron chi connectivity index (χ3n) is 3.86. The fourth-order valence-corrected chi connectivity index (χ4v) is 3.19. The summed E-state index contributed by atoms with van der Waals surface area (Å²) in [5.74, 6) is 1.73. The van der Waals surface area contributed by atoms with Gasteiger partial charge in [0, 0.05) is 11.8 Å². The van der Waals surface area contributed by atoms with Crippen molar-refractivity contribution in [1.29, 1.82) is 0 Å². The van der Waals surface area contributed by atoms with E-state index in [0.29, 0.717) is 17.8 Å². The third kappa shape index (κ3) is 1.26. The smallest absolute Gasteiger partial charge is 0.124 e. The quantitative estimate of drug-likeness (QED) is 0.527. The van der Waals surface area contributed by atoms with Gasteiger partial charge >= 0.3 is 0 Å². The predicted octanol–water partition coefficient (Wildman–Crippen LogP) is 2.79. The second-order valence-corrected chi connectivity index (χ2v) is 4.60. The van der Waals surface area contributed by atoms with Crippen molar-refractivity contribution < 1.29 is 4.79 Å². The van der Waals surface area contributed by atoms with Crippen LogP contribution in [0.2, 0.25) is 0 Å². The predicted molar refractivity (Wildman–Crippen MR) is 59.5 cm³/mol. The summed E-state index contributed by atoms with van der Waals surface area (Å²) in [4.78, 5) is 11.1. The number of hydrogen-bond donors (Lipinski definition) is 0. The molecule has 1 aromatic rings. The SMILES string of the molecule is O=C[C@H]1C2C=CC(C2)C1c1ccccc1. The van der Waals surface area contributed by atoms with E-state index in [4.69, 9.17) is 0 Å². The number of allylic oxidation sites excluding steroid dienone is 2. The van der Waals surface area contributed by atoms with E-state index in [-0.39, 0.29) is 5.92 Å². The minimum atomic E-state index is 0.211. The van der Waals surface area contributed by atoms with Gasteiger partial charge in [0.1, 0.15) is 6.29 Å². The molecule has 0 heterocycles. The van der Waals surface area contributed by atoms with Crippen LogP contribution in [0, 0.1) is 17.8 Å². The molecule has 0 amide bonds. The number of carbonyl (C=O) groups is 1. The van der Waals surface area contributed by atoms with Gasteiger partial charge in [-0.1, -0.05) is 42.5 Å². The molecule has 0 aliphatic heterocycles. The Hall–Kier alpha value is -1.37. The summed E-state index contributed by atoms with van der Waals surface area (Å²) in [6.07, 6.45) is 6.85. The molecule has 2 bridgehead atoms. The van der Waals surface area contributed by atoms with Gasteiger partial charge in [-0.15, -0.1) is 0 Å². The van der Waals surface area contributed by atoms with Crippen molar-refractivity contribution in [2.24, 2.45) is 17.8 Å². The summed E-state index contributed by atoms with van der Waals surface area (Å²) in [5, 5.41) is 0. The fourth-order valence-electron chi connectivity index (χ4n) is 3.19. The molecule has 3 rings (SSSR count). The first-order chi connectivity index (χ1) is 7.40. The molecule has 3 unspecified atom stereocenters. The molecule has 1 aromatic carbocycles. The molecule has 76 valence electrons. The maximum Gasteiger partial charge on any atom is 0.124 e. The highest BCUT2D eigenvalue weighted by Gasteiger charge is 2.44. The van der Waals surface area contributed by atoms with E-state index in [2.05, 4.69) is 36.4 Å². The summed E-state index contributed by atoms with van der Waals surface area (Å²) < 4.78 is 0. The normalized spacial score (nSPS) is 37.1. The first-order valence-electron chi connectivity index (χ1n) is 5.58. The van der Waals surface area contributed by atoms with E-state index in [1.165, 1.54) is 12.0 Å². The van der Waals surface area contributed by atoms with Gasteiger partial charge in [0.2, 0.25) is 0 Å². The van der Waals surface area contributed by atoms with E-state index in [1.54, 1.807) is 0 Å². The van der Waals surface area contributed by atoms with Crippen LogP contribution in [0.1, 0.15) is 17.9 Å². The molecule has 1 fully saturated rings. The van der Waals surface area contributed by atoms with Crippen LogP contribution < -0.4 is 0 Å². The molecule has 1 saturated carbocycles. The standard InChI is InChI=1S/C14H14O/c15-9-13-11-6-7-12(8-11)14(13)10-4-2-1-3-5-10/h1-7,9,11-14H,8H2/t11?,12?,13-,14?/m0/s1. The van der Waals surface area contributed by atoms with Crippen LogP contribution >= 0.6 is 0 Å².